The van der Waals surface area contributed by atoms with Crippen LogP contribution in [0.5, 0.6) is 0 Å². The zero-order chi connectivity index (χ0) is 6.04. The van der Waals surface area contributed by atoms with E-state index in [1.165, 1.54) is 6.08 Å². The van der Waals surface area contributed by atoms with Gasteiger partial charge in [0.1, 0.15) is 0 Å². The lowest BCUT2D eigenvalue weighted by Gasteiger charge is -2.15. The molecule has 0 aromatic rings. The van der Waals surface area contributed by atoms with Crippen molar-refractivity contribution < 1.29 is 8.78 Å². The standard InChI is InChI=1S/C6H7F2/c7-6(8)4-2-1-3-5-6/h2H,3-5H2. The van der Waals surface area contributed by atoms with Crippen molar-refractivity contribution in [3.63, 3.8) is 0 Å². The topological polar surface area (TPSA) is 0 Å². The van der Waals surface area contributed by atoms with Crippen molar-refractivity contribution in [3.8, 4) is 0 Å². The third kappa shape index (κ3) is 1.29. The summed E-state index contributed by atoms with van der Waals surface area (Å²) in [6.07, 6.45) is 4.42. The lowest BCUT2D eigenvalue weighted by molar-refractivity contribution is -0.00807. The summed E-state index contributed by atoms with van der Waals surface area (Å²) in [6, 6.07) is 0. The van der Waals surface area contributed by atoms with Crippen molar-refractivity contribution >= 4 is 0 Å². The quantitative estimate of drug-likeness (QED) is 0.456. The van der Waals surface area contributed by atoms with Gasteiger partial charge in [0.05, 0.1) is 0 Å². The molecule has 0 saturated heterocycles. The Morgan fingerprint density at radius 3 is 2.50 bits per heavy atom. The summed E-state index contributed by atoms with van der Waals surface area (Å²) < 4.78 is 24.3. The van der Waals surface area contributed by atoms with Crippen molar-refractivity contribution in [1.29, 1.82) is 0 Å². The Morgan fingerprint density at radius 1 is 1.50 bits per heavy atom. The smallest absolute Gasteiger partial charge is 0.207 e. The molecule has 0 unspecified atom stereocenters. The molecule has 0 aromatic carbocycles. The minimum absolute atomic E-state index is 0.0243. The summed E-state index contributed by atoms with van der Waals surface area (Å²) in [5.74, 6) is -2.44. The Balaban J connectivity index is 2.50. The van der Waals surface area contributed by atoms with E-state index in [-0.39, 0.29) is 12.8 Å². The SMILES string of the molecule is FC1(F)CC=[C]CC1. The molecule has 0 spiro atoms. The fraction of sp³-hybridized carbons (Fsp3) is 0.667. The van der Waals surface area contributed by atoms with Crippen molar-refractivity contribution in [2.75, 3.05) is 0 Å². The van der Waals surface area contributed by atoms with Crippen molar-refractivity contribution in [3.05, 3.63) is 12.2 Å². The van der Waals surface area contributed by atoms with Gasteiger partial charge >= 0.3 is 0 Å². The number of rotatable bonds is 0. The monoisotopic (exact) mass is 117 g/mol. The molecule has 0 heterocycles. The van der Waals surface area contributed by atoms with Crippen LogP contribution in [-0.2, 0) is 0 Å². The van der Waals surface area contributed by atoms with Crippen molar-refractivity contribution in [2.45, 2.75) is 25.2 Å². The molecule has 0 aliphatic heterocycles. The second-order valence-corrected chi connectivity index (χ2v) is 1.97. The first-order valence-electron chi connectivity index (χ1n) is 2.64. The fourth-order valence-electron chi connectivity index (χ4n) is 0.681. The molecular weight excluding hydrogens is 110 g/mol. The highest BCUT2D eigenvalue weighted by Gasteiger charge is 2.27. The number of hydrogen-bond acceptors (Lipinski definition) is 0. The third-order valence-corrected chi connectivity index (χ3v) is 1.18. The lowest BCUT2D eigenvalue weighted by atomic mass is 10.0. The normalized spacial score (nSPS) is 25.8. The van der Waals surface area contributed by atoms with E-state index in [9.17, 15) is 8.78 Å². The maximum atomic E-state index is 12.1. The Kier molecular flexibility index (Phi) is 1.32. The average Bonchev–Trinajstić information content (AvgIpc) is 1.65. The Hall–Kier alpha value is -0.400. The van der Waals surface area contributed by atoms with Gasteiger partial charge in [-0.3, -0.25) is 0 Å². The molecule has 1 radical (unpaired) electrons. The van der Waals surface area contributed by atoms with E-state index in [0.717, 1.165) is 0 Å². The minimum atomic E-state index is -2.44. The number of halogens is 2. The Morgan fingerprint density at radius 2 is 2.25 bits per heavy atom. The molecule has 0 N–H and O–H groups in total. The molecule has 1 aliphatic carbocycles. The molecule has 45 valence electrons. The predicted octanol–water partition coefficient (Wildman–Crippen LogP) is 2.16. The second-order valence-electron chi connectivity index (χ2n) is 1.97. The molecule has 0 atom stereocenters. The van der Waals surface area contributed by atoms with Gasteiger partial charge in [0, 0.05) is 12.8 Å². The number of alkyl halides is 2. The Labute approximate surface area is 47.2 Å². The van der Waals surface area contributed by atoms with E-state index in [1.54, 1.807) is 0 Å². The van der Waals surface area contributed by atoms with Crippen LogP contribution in [0.1, 0.15) is 19.3 Å². The van der Waals surface area contributed by atoms with Gasteiger partial charge in [0.25, 0.3) is 5.92 Å². The van der Waals surface area contributed by atoms with Gasteiger partial charge in [-0.15, -0.1) is 0 Å². The summed E-state index contributed by atoms with van der Waals surface area (Å²) in [6.45, 7) is 0. The maximum Gasteiger partial charge on any atom is 0.251 e. The predicted molar refractivity (Wildman–Crippen MR) is 26.6 cm³/mol. The zero-order valence-electron chi connectivity index (χ0n) is 4.45. The van der Waals surface area contributed by atoms with E-state index < -0.39 is 5.92 Å². The van der Waals surface area contributed by atoms with Gasteiger partial charge in [-0.1, -0.05) is 6.08 Å². The van der Waals surface area contributed by atoms with Gasteiger partial charge in [0.2, 0.25) is 0 Å². The van der Waals surface area contributed by atoms with E-state index in [0.29, 0.717) is 6.42 Å². The average molecular weight is 117 g/mol. The van der Waals surface area contributed by atoms with Crippen LogP contribution >= 0.6 is 0 Å². The van der Waals surface area contributed by atoms with Crippen LogP contribution in [0.4, 0.5) is 8.78 Å². The van der Waals surface area contributed by atoms with Crippen LogP contribution in [0.2, 0.25) is 0 Å². The fourth-order valence-corrected chi connectivity index (χ4v) is 0.681. The van der Waals surface area contributed by atoms with E-state index in [2.05, 4.69) is 6.08 Å². The highest BCUT2D eigenvalue weighted by atomic mass is 19.3. The van der Waals surface area contributed by atoms with Crippen LogP contribution < -0.4 is 0 Å². The first-order valence-corrected chi connectivity index (χ1v) is 2.64. The molecule has 0 fully saturated rings. The van der Waals surface area contributed by atoms with Gasteiger partial charge in [-0.2, -0.15) is 0 Å². The minimum Gasteiger partial charge on any atom is -0.207 e. The summed E-state index contributed by atoms with van der Waals surface area (Å²) in [7, 11) is 0. The van der Waals surface area contributed by atoms with Crippen LogP contribution in [-0.4, -0.2) is 5.92 Å². The Bertz CT molecular complexity index is 105. The van der Waals surface area contributed by atoms with Crippen LogP contribution in [0.3, 0.4) is 0 Å². The van der Waals surface area contributed by atoms with Crippen LogP contribution in [0, 0.1) is 6.08 Å². The number of allylic oxidation sites excluding steroid dienone is 2. The molecular formula is C6H7F2. The molecule has 1 aliphatic rings. The molecule has 0 nitrogen and oxygen atoms in total. The van der Waals surface area contributed by atoms with Gasteiger partial charge < -0.3 is 0 Å². The maximum absolute atomic E-state index is 12.1. The van der Waals surface area contributed by atoms with E-state index in [4.69, 9.17) is 0 Å². The van der Waals surface area contributed by atoms with Crippen molar-refractivity contribution in [1.82, 2.24) is 0 Å². The first kappa shape index (κ1) is 5.73. The molecule has 1 rings (SSSR count). The van der Waals surface area contributed by atoms with Gasteiger partial charge in [-0.25, -0.2) is 8.78 Å². The zero-order valence-corrected chi connectivity index (χ0v) is 4.45. The van der Waals surface area contributed by atoms with Crippen molar-refractivity contribution in [2.24, 2.45) is 0 Å². The molecule has 0 saturated carbocycles. The lowest BCUT2D eigenvalue weighted by Crippen LogP contribution is -2.16. The third-order valence-electron chi connectivity index (χ3n) is 1.18. The summed E-state index contributed by atoms with van der Waals surface area (Å²) in [5, 5.41) is 0. The summed E-state index contributed by atoms with van der Waals surface area (Å²) in [5.41, 5.74) is 0. The summed E-state index contributed by atoms with van der Waals surface area (Å²) >= 11 is 0. The van der Waals surface area contributed by atoms with Crippen LogP contribution in [0.15, 0.2) is 6.08 Å². The molecule has 0 bridgehead atoms. The molecule has 0 aromatic heterocycles. The summed E-state index contributed by atoms with van der Waals surface area (Å²) in [4.78, 5) is 0. The second kappa shape index (κ2) is 1.84. The highest BCUT2D eigenvalue weighted by molar-refractivity contribution is 4.88. The van der Waals surface area contributed by atoms with E-state index >= 15 is 0 Å². The van der Waals surface area contributed by atoms with Gasteiger partial charge in [-0.05, 0) is 12.5 Å². The highest BCUT2D eigenvalue weighted by Crippen LogP contribution is 2.27. The molecule has 2 heteroatoms. The molecule has 8 heavy (non-hydrogen) atoms. The largest absolute Gasteiger partial charge is 0.251 e. The number of hydrogen-bond donors (Lipinski definition) is 0. The first-order chi connectivity index (χ1) is 3.71. The van der Waals surface area contributed by atoms with E-state index in [1.807, 2.05) is 0 Å². The van der Waals surface area contributed by atoms with Crippen LogP contribution in [0.25, 0.3) is 0 Å². The molecule has 0 amide bonds. The van der Waals surface area contributed by atoms with Gasteiger partial charge in [0.15, 0.2) is 0 Å².